The van der Waals surface area contributed by atoms with Gasteiger partial charge in [0.2, 0.25) is 0 Å². The largest absolute Gasteiger partial charge is 0.396 e. The Labute approximate surface area is 562 Å². The quantitative estimate of drug-likeness (QED) is 0.0404. The average molecular weight is 1390 g/mol. The maximum Gasteiger partial charge on any atom is 0.271 e. The van der Waals surface area contributed by atoms with Crippen LogP contribution in [0.15, 0.2) is 6.20 Å². The van der Waals surface area contributed by atoms with Crippen LogP contribution < -0.4 is 10.6 Å². The fourth-order valence-corrected chi connectivity index (χ4v) is 16.3. The van der Waals surface area contributed by atoms with Crippen molar-refractivity contribution in [2.24, 2.45) is 23.7 Å². The predicted molar refractivity (Wildman–Crippen MR) is 330 cm³/mol. The van der Waals surface area contributed by atoms with Crippen LogP contribution >= 0.6 is 0 Å². The monoisotopic (exact) mass is 1390 g/mol. The summed E-state index contributed by atoms with van der Waals surface area (Å²) in [5.41, 5.74) is -4.55. The molecular formula is C62H111N5O29. The number of hydrogen-bond donors (Lipinski definition) is 6. The zero-order chi connectivity index (χ0) is 70.5. The van der Waals surface area contributed by atoms with Gasteiger partial charge in [0.15, 0.2) is 25.2 Å². The van der Waals surface area contributed by atoms with E-state index in [1.165, 1.54) is 139 Å². The summed E-state index contributed by atoms with van der Waals surface area (Å²) in [7, 11) is 26.6. The highest BCUT2D eigenvalue weighted by molar-refractivity contribution is 5.92. The van der Waals surface area contributed by atoms with E-state index < -0.39 is 226 Å². The van der Waals surface area contributed by atoms with Gasteiger partial charge in [-0.1, -0.05) is 5.21 Å². The summed E-state index contributed by atoms with van der Waals surface area (Å²) >= 11 is 0. The number of aliphatic hydroxyl groups is 4. The predicted octanol–water partition coefficient (Wildman–Crippen LogP) is -2.66. The molecule has 32 atom stereocenters. The molecule has 1 aromatic rings. The zero-order valence-corrected chi connectivity index (χ0v) is 59.2. The molecule has 7 rings (SSSR count). The van der Waals surface area contributed by atoms with Crippen molar-refractivity contribution < 1.29 is 139 Å². The Morgan fingerprint density at radius 2 is 0.875 bits per heavy atom. The number of aliphatic hydroxyl groups excluding tert-OH is 2. The van der Waals surface area contributed by atoms with Crippen LogP contribution in [0.1, 0.15) is 36.8 Å². The molecule has 34 heteroatoms. The lowest BCUT2D eigenvalue weighted by atomic mass is 9.61. The third kappa shape index (κ3) is 15.8. The van der Waals surface area contributed by atoms with Crippen molar-refractivity contribution in [2.75, 3.05) is 168 Å². The standard InChI is InChI=1S/C62H111N5O29/c1-29-31(40(77-7)50(85-15)59(91-29)95-44-36(25-73-3)93-57(89-19)52(87-17)48(44)83-13)21-32-41(78-8)42(79-9)33(23-68)61(71,27-75-5)54(32)65-56(70)35-22-63-66-67(35)55-39(47(82-12)43(80-10)34(24-69)62(55,72)28-76-6)64-38-30(2)92-60(51(86-16)46(38)81-11)96-45-37(26-74-4)94-58(90-20)53(88-18)49(45)84-14/h22,29-34,36-55,57-60,64,68-69,71-72H,21,23-28H2,1-20H3,(H,65,70)/t29?,30?,31?,32?,33?,34?,36?,37?,38?,39?,40?,41-,42?,43-,44?,45?,46-,47?,48?,49-,50+,51?,52+,53?,54?,55?,57?,58?,59?,60?,61?,62?/m0/s1. The number of ether oxygens (including phenoxy) is 24. The van der Waals surface area contributed by atoms with Gasteiger partial charge in [-0.2, -0.15) is 0 Å². The van der Waals surface area contributed by atoms with Gasteiger partial charge in [0.05, 0.1) is 101 Å². The third-order valence-electron chi connectivity index (χ3n) is 20.7. The molecule has 6 fully saturated rings. The van der Waals surface area contributed by atoms with E-state index in [0.29, 0.717) is 0 Å². The fourth-order valence-electron chi connectivity index (χ4n) is 16.3. The van der Waals surface area contributed by atoms with E-state index >= 15 is 4.79 Å². The van der Waals surface area contributed by atoms with Gasteiger partial charge in [-0.25, -0.2) is 4.68 Å². The first-order valence-electron chi connectivity index (χ1n) is 32.2. The van der Waals surface area contributed by atoms with Crippen molar-refractivity contribution in [3.8, 4) is 0 Å². The fraction of sp³-hybridized carbons (Fsp3) is 0.952. The van der Waals surface area contributed by atoms with Crippen LogP contribution in [-0.4, -0.2) is 373 Å². The molecular weight excluding hydrogens is 1280 g/mol. The van der Waals surface area contributed by atoms with Gasteiger partial charge in [-0.15, -0.1) is 5.10 Å². The zero-order valence-electron chi connectivity index (χ0n) is 59.2. The number of aromatic nitrogens is 3. The van der Waals surface area contributed by atoms with E-state index in [1.54, 1.807) is 6.92 Å². The SMILES string of the molecule is COCC1OC(OC)[C@H](OC)C(OC)C1OC1OC(C)C(CC2C(NC(=O)c3cnnn3C3C(NC4C(C)OC(OC5C(COC)OC(OC)C(OC)[C@H]5OC)C(OC)[C@H]4OC)C(OC)[C@@H](OC)C(CO)C3(O)COC)C(O)(COC)C(CO)C(OC)[C@H]2OC)C(OC)[C@H]1OC. The van der Waals surface area contributed by atoms with Crippen molar-refractivity contribution in [3.05, 3.63) is 11.9 Å². The third-order valence-corrected chi connectivity index (χ3v) is 20.7. The Morgan fingerprint density at radius 3 is 1.31 bits per heavy atom. The summed E-state index contributed by atoms with van der Waals surface area (Å²) < 4.78 is 149. The first kappa shape index (κ1) is 80.8. The van der Waals surface area contributed by atoms with Crippen LogP contribution in [0.3, 0.4) is 0 Å². The highest BCUT2D eigenvalue weighted by Gasteiger charge is 2.65. The van der Waals surface area contributed by atoms with E-state index in [9.17, 15) is 20.4 Å². The van der Waals surface area contributed by atoms with E-state index in [2.05, 4.69) is 20.9 Å². The summed E-state index contributed by atoms with van der Waals surface area (Å²) in [6.07, 6.45) is -18.0. The van der Waals surface area contributed by atoms with Crippen LogP contribution in [0.25, 0.3) is 0 Å². The van der Waals surface area contributed by atoms with E-state index in [-0.39, 0.29) is 25.3 Å². The lowest BCUT2D eigenvalue weighted by Crippen LogP contribution is -2.75. The molecule has 0 radical (unpaired) electrons. The molecule has 1 amide bonds. The number of amides is 1. The van der Waals surface area contributed by atoms with Crippen molar-refractivity contribution >= 4 is 5.91 Å². The highest BCUT2D eigenvalue weighted by Crippen LogP contribution is 2.49. The molecule has 26 unspecified atom stereocenters. The van der Waals surface area contributed by atoms with Gasteiger partial charge < -0.3 is 145 Å². The molecule has 0 aromatic carbocycles. The van der Waals surface area contributed by atoms with Crippen molar-refractivity contribution in [3.63, 3.8) is 0 Å². The van der Waals surface area contributed by atoms with Gasteiger partial charge in [-0.05, 0) is 20.3 Å². The maximum absolute atomic E-state index is 16.0. The summed E-state index contributed by atoms with van der Waals surface area (Å²) in [6.45, 7) is 1.58. The Balaban J connectivity index is 1.29. The number of hydrogen-bond acceptors (Lipinski definition) is 32. The molecule has 4 saturated heterocycles. The first-order chi connectivity index (χ1) is 46.2. The number of nitrogens with zero attached hydrogens (tertiary/aromatic N) is 3. The number of carbonyl (C=O) groups is 1. The lowest BCUT2D eigenvalue weighted by molar-refractivity contribution is -0.359. The normalized spacial score (nSPS) is 43.9. The molecule has 2 saturated carbocycles. The molecule has 2 aliphatic carbocycles. The van der Waals surface area contributed by atoms with Crippen LogP contribution in [0.2, 0.25) is 0 Å². The number of rotatable bonds is 35. The minimum Gasteiger partial charge on any atom is -0.396 e. The minimum atomic E-state index is -2.18. The average Bonchev–Trinajstić information content (AvgIpc) is 1.10. The molecule has 5 heterocycles. The second-order valence-electron chi connectivity index (χ2n) is 25.2. The first-order valence-corrected chi connectivity index (χ1v) is 32.2. The van der Waals surface area contributed by atoms with Gasteiger partial charge in [0.1, 0.15) is 96.2 Å². The lowest BCUT2D eigenvalue weighted by Gasteiger charge is -2.57. The molecule has 96 heavy (non-hydrogen) atoms. The summed E-state index contributed by atoms with van der Waals surface area (Å²) in [5, 5.41) is 65.5. The molecule has 4 aliphatic heterocycles. The van der Waals surface area contributed by atoms with Crippen LogP contribution in [0.4, 0.5) is 0 Å². The second kappa shape index (κ2) is 37.1. The summed E-state index contributed by atoms with van der Waals surface area (Å²) in [5.74, 6) is -4.76. The van der Waals surface area contributed by atoms with E-state index in [4.69, 9.17) is 114 Å². The molecule has 34 nitrogen and oxygen atoms in total. The van der Waals surface area contributed by atoms with Gasteiger partial charge in [0, 0.05) is 152 Å². The van der Waals surface area contributed by atoms with Crippen LogP contribution in [-0.2, 0) is 114 Å². The molecule has 0 spiro atoms. The molecule has 6 aliphatic rings. The summed E-state index contributed by atoms with van der Waals surface area (Å²) in [4.78, 5) is 16.0. The maximum atomic E-state index is 16.0. The second-order valence-corrected chi connectivity index (χ2v) is 25.2. The number of nitrogens with one attached hydrogen (secondary N) is 2. The molecule has 6 N–H and O–H groups in total. The Bertz CT molecular complexity index is 2440. The van der Waals surface area contributed by atoms with Gasteiger partial charge >= 0.3 is 0 Å². The van der Waals surface area contributed by atoms with Crippen molar-refractivity contribution in [1.82, 2.24) is 25.6 Å². The molecule has 0 bridgehead atoms. The number of methoxy groups -OCH3 is 18. The van der Waals surface area contributed by atoms with Gasteiger partial charge in [-0.3, -0.25) is 4.79 Å². The van der Waals surface area contributed by atoms with Crippen molar-refractivity contribution in [2.45, 2.75) is 191 Å². The number of carbonyl (C=O) groups excluding carboxylic acids is 1. The van der Waals surface area contributed by atoms with E-state index in [1.807, 2.05) is 6.92 Å². The Morgan fingerprint density at radius 1 is 0.469 bits per heavy atom. The van der Waals surface area contributed by atoms with Crippen LogP contribution in [0, 0.1) is 23.7 Å². The topological polar surface area (TPSA) is 374 Å². The highest BCUT2D eigenvalue weighted by atomic mass is 16.8. The van der Waals surface area contributed by atoms with Crippen molar-refractivity contribution in [1.29, 1.82) is 0 Å². The van der Waals surface area contributed by atoms with Gasteiger partial charge in [0.25, 0.3) is 5.91 Å². The Kier molecular flexibility index (Phi) is 31.2. The summed E-state index contributed by atoms with van der Waals surface area (Å²) in [6, 6.07) is -4.86. The molecule has 1 aromatic heterocycles. The van der Waals surface area contributed by atoms with E-state index in [0.717, 1.165) is 0 Å². The Hall–Kier alpha value is -2.55. The minimum absolute atomic E-state index is 0.0696. The smallest absolute Gasteiger partial charge is 0.271 e. The molecule has 558 valence electrons. The van der Waals surface area contributed by atoms with Crippen LogP contribution in [0.5, 0.6) is 0 Å².